The van der Waals surface area contributed by atoms with Gasteiger partial charge < -0.3 is 14.4 Å². The minimum Gasteiger partial charge on any atom is -0.372 e. The van der Waals surface area contributed by atoms with Crippen LogP contribution in [0.3, 0.4) is 0 Å². The second-order valence-electron chi connectivity index (χ2n) is 5.52. The molecule has 2 fully saturated rings. The lowest BCUT2D eigenvalue weighted by atomic mass is 10.1. The van der Waals surface area contributed by atoms with Crippen LogP contribution in [-0.2, 0) is 14.3 Å². The zero-order valence-corrected chi connectivity index (χ0v) is 13.3. The summed E-state index contributed by atoms with van der Waals surface area (Å²) in [6.45, 7) is 5.44. The smallest absolute Gasteiger partial charge is 0.247 e. The minimum atomic E-state index is -0.00668. The maximum absolute atomic E-state index is 12.5. The summed E-state index contributed by atoms with van der Waals surface area (Å²) in [6, 6.07) is 4.12. The maximum atomic E-state index is 12.5. The Morgan fingerprint density at radius 2 is 2.45 bits per heavy atom. The lowest BCUT2D eigenvalue weighted by molar-refractivity contribution is -0.146. The van der Waals surface area contributed by atoms with Crippen LogP contribution in [0.4, 0.5) is 0 Å². The summed E-state index contributed by atoms with van der Waals surface area (Å²) in [5, 5.41) is 2.01. The highest BCUT2D eigenvalue weighted by Gasteiger charge is 2.44. The van der Waals surface area contributed by atoms with Crippen molar-refractivity contribution in [1.29, 1.82) is 0 Å². The largest absolute Gasteiger partial charge is 0.372 e. The number of hydrogen-bond acceptors (Lipinski definition) is 4. The zero-order chi connectivity index (χ0) is 15.4. The molecule has 0 unspecified atom stereocenters. The van der Waals surface area contributed by atoms with Gasteiger partial charge >= 0.3 is 0 Å². The van der Waals surface area contributed by atoms with Gasteiger partial charge in [-0.2, -0.15) is 0 Å². The molecule has 1 aromatic heterocycles. The van der Waals surface area contributed by atoms with Crippen molar-refractivity contribution < 1.29 is 14.3 Å². The van der Waals surface area contributed by atoms with Gasteiger partial charge in [-0.05, 0) is 30.4 Å². The molecule has 1 aromatic rings. The molecule has 118 valence electrons. The van der Waals surface area contributed by atoms with Crippen LogP contribution in [0, 0.1) is 0 Å². The molecule has 0 radical (unpaired) electrons. The molecule has 3 atom stereocenters. The van der Waals surface area contributed by atoms with Gasteiger partial charge in [0.1, 0.15) is 6.10 Å². The van der Waals surface area contributed by atoms with Gasteiger partial charge in [-0.25, -0.2) is 0 Å². The van der Waals surface area contributed by atoms with E-state index in [0.29, 0.717) is 19.8 Å². The highest BCUT2D eigenvalue weighted by atomic mass is 32.1. The zero-order valence-electron chi connectivity index (χ0n) is 12.5. The molecule has 2 aliphatic rings. The van der Waals surface area contributed by atoms with Crippen LogP contribution in [0.5, 0.6) is 0 Å². The van der Waals surface area contributed by atoms with Gasteiger partial charge in [-0.1, -0.05) is 12.1 Å². The second kappa shape index (κ2) is 7.22. The molecule has 4 nitrogen and oxygen atoms in total. The van der Waals surface area contributed by atoms with E-state index in [0.717, 1.165) is 17.7 Å². The number of fused-ring (bicyclic) bond motifs is 1. The molecule has 1 saturated heterocycles. The number of ether oxygens (including phenoxy) is 2. The number of amides is 1. The van der Waals surface area contributed by atoms with Gasteiger partial charge in [0.25, 0.3) is 0 Å². The molecule has 3 rings (SSSR count). The SMILES string of the molecule is C=CCO[C@@H]1CC[C@H]2[C@H]1OCCN2C(=O)/C=C/c1cccs1. The third-order valence-corrected chi connectivity index (χ3v) is 5.02. The summed E-state index contributed by atoms with van der Waals surface area (Å²) in [7, 11) is 0. The summed E-state index contributed by atoms with van der Waals surface area (Å²) in [5.41, 5.74) is 0. The molecule has 2 heterocycles. The summed E-state index contributed by atoms with van der Waals surface area (Å²) in [4.78, 5) is 15.5. The number of thiophene rings is 1. The molecular formula is C17H21NO3S. The van der Waals surface area contributed by atoms with Crippen LogP contribution >= 0.6 is 11.3 Å². The van der Waals surface area contributed by atoms with Crippen LogP contribution in [0.2, 0.25) is 0 Å². The first-order chi connectivity index (χ1) is 10.8. The van der Waals surface area contributed by atoms with Crippen molar-refractivity contribution in [3.8, 4) is 0 Å². The van der Waals surface area contributed by atoms with Crippen molar-refractivity contribution in [3.63, 3.8) is 0 Å². The average molecular weight is 319 g/mol. The highest BCUT2D eigenvalue weighted by molar-refractivity contribution is 7.10. The minimum absolute atomic E-state index is 0.00668. The Hall–Kier alpha value is -1.43. The topological polar surface area (TPSA) is 38.8 Å². The molecule has 1 amide bonds. The number of rotatable bonds is 5. The highest BCUT2D eigenvalue weighted by Crippen LogP contribution is 2.32. The number of carbonyl (C=O) groups excluding carboxylic acids is 1. The monoisotopic (exact) mass is 319 g/mol. The first-order valence-corrected chi connectivity index (χ1v) is 8.54. The fraction of sp³-hybridized carbons (Fsp3) is 0.471. The molecule has 1 aliphatic heterocycles. The van der Waals surface area contributed by atoms with Gasteiger partial charge in [0.05, 0.1) is 25.4 Å². The number of morpholine rings is 1. The second-order valence-corrected chi connectivity index (χ2v) is 6.50. The average Bonchev–Trinajstić information content (AvgIpc) is 3.19. The van der Waals surface area contributed by atoms with Gasteiger partial charge in [0, 0.05) is 17.5 Å². The fourth-order valence-corrected chi connectivity index (χ4v) is 3.81. The summed E-state index contributed by atoms with van der Waals surface area (Å²) < 4.78 is 11.6. The third kappa shape index (κ3) is 3.32. The van der Waals surface area contributed by atoms with E-state index in [1.807, 2.05) is 28.5 Å². The van der Waals surface area contributed by atoms with Crippen LogP contribution < -0.4 is 0 Å². The summed E-state index contributed by atoms with van der Waals surface area (Å²) in [6.07, 6.45) is 7.24. The number of carbonyl (C=O) groups is 1. The lowest BCUT2D eigenvalue weighted by Gasteiger charge is -2.38. The Bertz CT molecular complexity index is 540. The molecule has 22 heavy (non-hydrogen) atoms. The van der Waals surface area contributed by atoms with E-state index in [2.05, 4.69) is 6.58 Å². The van der Waals surface area contributed by atoms with Gasteiger partial charge in [-0.3, -0.25) is 4.79 Å². The van der Waals surface area contributed by atoms with E-state index < -0.39 is 0 Å². The summed E-state index contributed by atoms with van der Waals surface area (Å²) in [5.74, 6) is 0.0658. The first-order valence-electron chi connectivity index (χ1n) is 7.66. The maximum Gasteiger partial charge on any atom is 0.247 e. The summed E-state index contributed by atoms with van der Waals surface area (Å²) >= 11 is 1.63. The van der Waals surface area contributed by atoms with Crippen molar-refractivity contribution in [2.45, 2.75) is 31.1 Å². The van der Waals surface area contributed by atoms with E-state index in [1.165, 1.54) is 0 Å². The van der Waals surface area contributed by atoms with Crippen LogP contribution in [0.1, 0.15) is 17.7 Å². The van der Waals surface area contributed by atoms with Crippen molar-refractivity contribution >= 4 is 23.3 Å². The molecule has 0 spiro atoms. The Kier molecular flexibility index (Phi) is 5.08. The van der Waals surface area contributed by atoms with E-state index in [4.69, 9.17) is 9.47 Å². The van der Waals surface area contributed by atoms with Crippen molar-refractivity contribution in [1.82, 2.24) is 4.90 Å². The predicted octanol–water partition coefficient (Wildman–Crippen LogP) is 2.72. The molecule has 1 saturated carbocycles. The van der Waals surface area contributed by atoms with Gasteiger partial charge in [0.2, 0.25) is 5.91 Å². The molecule has 5 heteroatoms. The molecule has 0 N–H and O–H groups in total. The number of nitrogens with zero attached hydrogens (tertiary/aromatic N) is 1. The van der Waals surface area contributed by atoms with Crippen molar-refractivity contribution in [2.24, 2.45) is 0 Å². The Balaban J connectivity index is 1.64. The van der Waals surface area contributed by atoms with Crippen LogP contribution in [-0.4, -0.2) is 48.8 Å². The Labute approximate surface area is 135 Å². The van der Waals surface area contributed by atoms with Crippen LogP contribution in [0.15, 0.2) is 36.2 Å². The van der Waals surface area contributed by atoms with Crippen molar-refractivity contribution in [3.05, 3.63) is 41.1 Å². The predicted molar refractivity (Wildman–Crippen MR) is 87.8 cm³/mol. The molecule has 0 bridgehead atoms. The Morgan fingerprint density at radius 1 is 1.55 bits per heavy atom. The molecule has 1 aliphatic carbocycles. The van der Waals surface area contributed by atoms with Crippen molar-refractivity contribution in [2.75, 3.05) is 19.8 Å². The molecular weight excluding hydrogens is 298 g/mol. The Morgan fingerprint density at radius 3 is 3.23 bits per heavy atom. The van der Waals surface area contributed by atoms with E-state index in [-0.39, 0.29) is 24.2 Å². The standard InChI is InChI=1S/C17H21NO3S/c1-2-10-20-15-7-6-14-17(15)21-11-9-18(14)16(19)8-5-13-4-3-12-22-13/h2-5,8,12,14-15,17H,1,6-7,9-11H2/b8-5+/t14-,15+,17+/m0/s1. The van der Waals surface area contributed by atoms with Crippen LogP contribution in [0.25, 0.3) is 6.08 Å². The normalized spacial score (nSPS) is 28.0. The van der Waals surface area contributed by atoms with E-state index >= 15 is 0 Å². The van der Waals surface area contributed by atoms with E-state index in [1.54, 1.807) is 23.5 Å². The lowest BCUT2D eigenvalue weighted by Crippen LogP contribution is -2.53. The third-order valence-electron chi connectivity index (χ3n) is 4.18. The number of hydrogen-bond donors (Lipinski definition) is 0. The van der Waals surface area contributed by atoms with Gasteiger partial charge in [0.15, 0.2) is 0 Å². The first kappa shape index (κ1) is 15.5. The van der Waals surface area contributed by atoms with E-state index in [9.17, 15) is 4.79 Å². The van der Waals surface area contributed by atoms with Gasteiger partial charge in [-0.15, -0.1) is 17.9 Å². The fourth-order valence-electron chi connectivity index (χ4n) is 3.19. The molecule has 0 aromatic carbocycles. The quantitative estimate of drug-likeness (QED) is 0.619.